The second-order valence-electron chi connectivity index (χ2n) is 9.18. The summed E-state index contributed by atoms with van der Waals surface area (Å²) in [7, 11) is 0. The van der Waals surface area contributed by atoms with Gasteiger partial charge >= 0.3 is 0 Å². The SMILES string of the molecule is O=C(CC1CCN(Cc2ccccc2)CC1)c1ccc(Nc2ncnc3c2CCC3O)cc1. The first-order valence-electron chi connectivity index (χ1n) is 11.8. The molecular formula is C27H30N4O2. The summed E-state index contributed by atoms with van der Waals surface area (Å²) in [4.78, 5) is 23.9. The molecule has 1 atom stereocenters. The Morgan fingerprint density at radius 2 is 1.76 bits per heavy atom. The third kappa shape index (κ3) is 5.13. The molecule has 0 amide bonds. The molecule has 1 aliphatic carbocycles. The van der Waals surface area contributed by atoms with Crippen molar-refractivity contribution in [3.05, 3.63) is 83.3 Å². The van der Waals surface area contributed by atoms with Crippen LogP contribution < -0.4 is 5.32 Å². The lowest BCUT2D eigenvalue weighted by Gasteiger charge is -2.31. The zero-order valence-corrected chi connectivity index (χ0v) is 18.8. The molecule has 6 heteroatoms. The molecule has 2 aliphatic rings. The van der Waals surface area contributed by atoms with Gasteiger partial charge in [0.2, 0.25) is 0 Å². The van der Waals surface area contributed by atoms with Crippen LogP contribution in [-0.4, -0.2) is 38.8 Å². The minimum Gasteiger partial charge on any atom is -0.387 e. The van der Waals surface area contributed by atoms with Crippen molar-refractivity contribution in [3.63, 3.8) is 0 Å². The Balaban J connectivity index is 1.13. The number of hydrogen-bond donors (Lipinski definition) is 2. The highest BCUT2D eigenvalue weighted by molar-refractivity contribution is 5.96. The number of likely N-dealkylation sites (tertiary alicyclic amines) is 1. The van der Waals surface area contributed by atoms with Gasteiger partial charge in [-0.2, -0.15) is 0 Å². The molecule has 0 spiro atoms. The number of piperidine rings is 1. The van der Waals surface area contributed by atoms with Crippen LogP contribution in [0.5, 0.6) is 0 Å². The molecular weight excluding hydrogens is 412 g/mol. The van der Waals surface area contributed by atoms with Crippen LogP contribution in [0.4, 0.5) is 11.5 Å². The number of carbonyl (C=O) groups excluding carboxylic acids is 1. The highest BCUT2D eigenvalue weighted by atomic mass is 16.3. The molecule has 2 N–H and O–H groups in total. The monoisotopic (exact) mass is 442 g/mol. The zero-order valence-electron chi connectivity index (χ0n) is 18.8. The lowest BCUT2D eigenvalue weighted by atomic mass is 9.89. The molecule has 33 heavy (non-hydrogen) atoms. The van der Waals surface area contributed by atoms with Crippen LogP contribution in [0.3, 0.4) is 0 Å². The average Bonchev–Trinajstić information content (AvgIpc) is 3.23. The van der Waals surface area contributed by atoms with Crippen molar-refractivity contribution < 1.29 is 9.90 Å². The number of rotatable bonds is 7. The van der Waals surface area contributed by atoms with E-state index >= 15 is 0 Å². The molecule has 1 aliphatic heterocycles. The number of nitrogens with one attached hydrogen (secondary N) is 1. The molecule has 170 valence electrons. The number of Topliss-reactive ketones (excluding diaryl/α,β-unsaturated/α-hetero) is 1. The number of benzene rings is 2. The Morgan fingerprint density at radius 3 is 2.52 bits per heavy atom. The molecule has 1 aromatic heterocycles. The third-order valence-corrected chi connectivity index (χ3v) is 6.86. The van der Waals surface area contributed by atoms with Crippen molar-refractivity contribution >= 4 is 17.3 Å². The van der Waals surface area contributed by atoms with Gasteiger partial charge < -0.3 is 10.4 Å². The lowest BCUT2D eigenvalue weighted by molar-refractivity contribution is 0.0925. The fourth-order valence-corrected chi connectivity index (χ4v) is 4.93. The summed E-state index contributed by atoms with van der Waals surface area (Å²) in [5, 5.41) is 13.3. The van der Waals surface area contributed by atoms with Gasteiger partial charge in [0, 0.05) is 29.8 Å². The van der Waals surface area contributed by atoms with Gasteiger partial charge in [0.25, 0.3) is 0 Å². The van der Waals surface area contributed by atoms with Crippen molar-refractivity contribution in [1.29, 1.82) is 0 Å². The summed E-state index contributed by atoms with van der Waals surface area (Å²) < 4.78 is 0. The summed E-state index contributed by atoms with van der Waals surface area (Å²) in [6, 6.07) is 18.2. The van der Waals surface area contributed by atoms with E-state index in [4.69, 9.17) is 0 Å². The largest absolute Gasteiger partial charge is 0.387 e. The van der Waals surface area contributed by atoms with Crippen molar-refractivity contribution in [2.75, 3.05) is 18.4 Å². The van der Waals surface area contributed by atoms with E-state index in [0.717, 1.165) is 61.5 Å². The molecule has 5 rings (SSSR count). The van der Waals surface area contributed by atoms with Gasteiger partial charge in [-0.3, -0.25) is 9.69 Å². The first-order valence-corrected chi connectivity index (χ1v) is 11.8. The van der Waals surface area contributed by atoms with Crippen molar-refractivity contribution in [1.82, 2.24) is 14.9 Å². The van der Waals surface area contributed by atoms with E-state index in [0.29, 0.717) is 24.5 Å². The summed E-state index contributed by atoms with van der Waals surface area (Å²) in [6.07, 6.45) is 5.18. The van der Waals surface area contributed by atoms with Gasteiger partial charge in [0.1, 0.15) is 12.1 Å². The predicted molar refractivity (Wildman–Crippen MR) is 128 cm³/mol. The average molecular weight is 443 g/mol. The van der Waals surface area contributed by atoms with Crippen LogP contribution in [0.2, 0.25) is 0 Å². The fourth-order valence-electron chi connectivity index (χ4n) is 4.93. The third-order valence-electron chi connectivity index (χ3n) is 6.86. The van der Waals surface area contributed by atoms with Crippen molar-refractivity contribution in [2.24, 2.45) is 5.92 Å². The smallest absolute Gasteiger partial charge is 0.163 e. The maximum atomic E-state index is 12.9. The summed E-state index contributed by atoms with van der Waals surface area (Å²) >= 11 is 0. The Bertz CT molecular complexity index is 1090. The van der Waals surface area contributed by atoms with Gasteiger partial charge in [0.15, 0.2) is 5.78 Å². The minimum absolute atomic E-state index is 0.217. The Kier molecular flexibility index (Phi) is 6.46. The summed E-state index contributed by atoms with van der Waals surface area (Å²) in [5.74, 6) is 1.41. The van der Waals surface area contributed by atoms with E-state index in [1.165, 1.54) is 11.9 Å². The summed E-state index contributed by atoms with van der Waals surface area (Å²) in [6.45, 7) is 3.09. The number of anilines is 2. The molecule has 0 bridgehead atoms. The van der Waals surface area contributed by atoms with Crippen LogP contribution in [0, 0.1) is 5.92 Å². The molecule has 2 aromatic carbocycles. The maximum Gasteiger partial charge on any atom is 0.163 e. The number of fused-ring (bicyclic) bond motifs is 1. The quantitative estimate of drug-likeness (QED) is 0.517. The normalized spacial score (nSPS) is 18.8. The second kappa shape index (κ2) is 9.81. The predicted octanol–water partition coefficient (Wildman–Crippen LogP) is 4.68. The number of ketones is 1. The van der Waals surface area contributed by atoms with Crippen molar-refractivity contribution in [2.45, 2.75) is 44.8 Å². The highest BCUT2D eigenvalue weighted by Gasteiger charge is 2.25. The molecule has 1 fully saturated rings. The first-order chi connectivity index (χ1) is 16.2. The number of carbonyl (C=O) groups is 1. The molecule has 1 unspecified atom stereocenters. The fraction of sp³-hybridized carbons (Fsp3) is 0.370. The zero-order chi connectivity index (χ0) is 22.6. The van der Waals surface area contributed by atoms with E-state index < -0.39 is 6.10 Å². The lowest BCUT2D eigenvalue weighted by Crippen LogP contribution is -2.33. The summed E-state index contributed by atoms with van der Waals surface area (Å²) in [5.41, 5.74) is 4.68. The number of nitrogens with zero attached hydrogens (tertiary/aromatic N) is 3. The molecule has 6 nitrogen and oxygen atoms in total. The number of hydrogen-bond acceptors (Lipinski definition) is 6. The first kappa shape index (κ1) is 21.7. The van der Waals surface area contributed by atoms with Crippen LogP contribution in [0.15, 0.2) is 60.9 Å². The molecule has 0 saturated carbocycles. The maximum absolute atomic E-state index is 12.9. The molecule has 2 heterocycles. The topological polar surface area (TPSA) is 78.4 Å². The Hall–Kier alpha value is -3.09. The van der Waals surface area contributed by atoms with Gasteiger partial charge in [0.05, 0.1) is 11.8 Å². The van der Waals surface area contributed by atoms with Crippen LogP contribution in [0.1, 0.15) is 59.0 Å². The van der Waals surface area contributed by atoms with Crippen LogP contribution >= 0.6 is 0 Å². The Morgan fingerprint density at radius 1 is 1.00 bits per heavy atom. The van der Waals surface area contributed by atoms with E-state index in [9.17, 15) is 9.90 Å². The van der Waals surface area contributed by atoms with Gasteiger partial charge in [-0.1, -0.05) is 30.3 Å². The van der Waals surface area contributed by atoms with Crippen LogP contribution in [-0.2, 0) is 13.0 Å². The molecule has 1 saturated heterocycles. The molecule has 0 radical (unpaired) electrons. The van der Waals surface area contributed by atoms with E-state index in [1.54, 1.807) is 0 Å². The van der Waals surface area contributed by atoms with E-state index in [2.05, 4.69) is 50.5 Å². The second-order valence-corrected chi connectivity index (χ2v) is 9.18. The number of aromatic nitrogens is 2. The van der Waals surface area contributed by atoms with Crippen molar-refractivity contribution in [3.8, 4) is 0 Å². The van der Waals surface area contributed by atoms with Gasteiger partial charge in [-0.25, -0.2) is 9.97 Å². The number of aliphatic hydroxyl groups excluding tert-OH is 1. The Labute approximate surface area is 194 Å². The van der Waals surface area contributed by atoms with Crippen LogP contribution in [0.25, 0.3) is 0 Å². The molecule has 3 aromatic rings. The highest BCUT2D eigenvalue weighted by Crippen LogP contribution is 2.34. The van der Waals surface area contributed by atoms with Gasteiger partial charge in [-0.15, -0.1) is 0 Å². The van der Waals surface area contributed by atoms with E-state index in [1.807, 2.05) is 24.3 Å². The number of aliphatic hydroxyl groups is 1. The minimum atomic E-state index is -0.506. The van der Waals surface area contributed by atoms with E-state index in [-0.39, 0.29) is 5.78 Å². The van der Waals surface area contributed by atoms with Gasteiger partial charge in [-0.05, 0) is 74.5 Å². The standard InChI is InChI=1S/C27H30N4O2/c32-24-11-10-23-26(24)28-18-29-27(23)30-22-8-6-21(7-9-22)25(33)16-19-12-14-31(15-13-19)17-20-4-2-1-3-5-20/h1-9,18-19,24,32H,10-17H2,(H,28,29,30).